The molecule has 3 aromatic carbocycles. The van der Waals surface area contributed by atoms with Crippen LogP contribution in [-0.4, -0.2) is 65.8 Å². The Bertz CT molecular complexity index is 1180. The minimum absolute atomic E-state index is 0.314. The highest BCUT2D eigenvalue weighted by atomic mass is 16.8. The molecule has 40 heavy (non-hydrogen) atoms. The van der Waals surface area contributed by atoms with Crippen LogP contribution in [-0.2, 0) is 41.6 Å². The second kappa shape index (κ2) is 13.5. The summed E-state index contributed by atoms with van der Waals surface area (Å²) in [6, 6.07) is 23.1. The number of ether oxygens (including phenoxy) is 9. The second-order valence-electron chi connectivity index (χ2n) is 9.57. The molecular weight excluding hydrogens is 516 g/mol. The van der Waals surface area contributed by atoms with Crippen molar-refractivity contribution in [3.05, 3.63) is 89.5 Å². The topological polar surface area (TPSA) is 83.1 Å². The van der Waals surface area contributed by atoms with E-state index in [1.807, 2.05) is 72.8 Å². The Morgan fingerprint density at radius 2 is 1.12 bits per heavy atom. The zero-order valence-corrected chi connectivity index (χ0v) is 23.2. The van der Waals surface area contributed by atoms with Gasteiger partial charge in [0.15, 0.2) is 12.6 Å². The molecule has 0 saturated carbocycles. The summed E-state index contributed by atoms with van der Waals surface area (Å²) < 4.78 is 53.4. The normalized spacial score (nSPS) is 26.1. The lowest BCUT2D eigenvalue weighted by Crippen LogP contribution is -2.63. The van der Waals surface area contributed by atoms with Crippen LogP contribution >= 0.6 is 0 Å². The summed E-state index contributed by atoms with van der Waals surface area (Å²) in [6.07, 6.45) is -3.21. The average Bonchev–Trinajstić information content (AvgIpc) is 3.02. The molecule has 2 aliphatic rings. The van der Waals surface area contributed by atoms with E-state index < -0.39 is 37.0 Å². The number of hydrogen-bond acceptors (Lipinski definition) is 9. The molecule has 9 heteroatoms. The molecular formula is C31H36O9. The first-order valence-corrected chi connectivity index (χ1v) is 13.2. The first-order valence-electron chi connectivity index (χ1n) is 13.2. The number of hydrogen-bond donors (Lipinski definition) is 0. The van der Waals surface area contributed by atoms with Crippen LogP contribution in [0.4, 0.5) is 0 Å². The molecule has 0 spiro atoms. The Balaban J connectivity index is 1.37. The second-order valence-corrected chi connectivity index (χ2v) is 9.57. The van der Waals surface area contributed by atoms with Crippen LogP contribution in [0.3, 0.4) is 0 Å². The molecule has 0 radical (unpaired) electrons. The van der Waals surface area contributed by atoms with Crippen molar-refractivity contribution in [1.82, 2.24) is 0 Å². The van der Waals surface area contributed by atoms with Gasteiger partial charge in [0.1, 0.15) is 41.7 Å². The standard InChI is InChI=1S/C31H36O9/c1-32-23-11-5-20(6-12-23)17-36-28-27-26(19-38-30(40-27)22-9-15-25(34-3)16-10-22)39-31(35-4)29(28)37-18-21-7-13-24(33-2)14-8-21/h5-16,26-31H,17-19H2,1-4H3/t26-,27-,28+,29-,30?,31+/m1/s1. The Kier molecular flexibility index (Phi) is 9.53. The number of fused-ring (bicyclic) bond motifs is 1. The highest BCUT2D eigenvalue weighted by molar-refractivity contribution is 5.29. The summed E-state index contributed by atoms with van der Waals surface area (Å²) in [4.78, 5) is 0. The summed E-state index contributed by atoms with van der Waals surface area (Å²) in [5.74, 6) is 2.32. The highest BCUT2D eigenvalue weighted by Gasteiger charge is 2.51. The molecule has 1 unspecified atom stereocenters. The van der Waals surface area contributed by atoms with Crippen LogP contribution in [0.2, 0.25) is 0 Å². The number of rotatable bonds is 11. The van der Waals surface area contributed by atoms with Crippen molar-refractivity contribution in [2.24, 2.45) is 0 Å². The van der Waals surface area contributed by atoms with E-state index >= 15 is 0 Å². The van der Waals surface area contributed by atoms with E-state index in [1.165, 1.54) is 0 Å². The maximum Gasteiger partial charge on any atom is 0.186 e. The van der Waals surface area contributed by atoms with Gasteiger partial charge in [-0.15, -0.1) is 0 Å². The summed E-state index contributed by atoms with van der Waals surface area (Å²) in [6.45, 7) is 0.985. The first kappa shape index (κ1) is 28.4. The predicted octanol–water partition coefficient (Wildman–Crippen LogP) is 4.67. The fourth-order valence-electron chi connectivity index (χ4n) is 4.86. The SMILES string of the molecule is COc1ccc(CO[C@@H]2[C@@H](OCc3ccc(OC)cc3)[C@@H](OC)O[C@@H]3COC(c4ccc(OC)cc4)O[C@@H]23)cc1. The van der Waals surface area contributed by atoms with Gasteiger partial charge < -0.3 is 42.6 Å². The molecule has 2 aliphatic heterocycles. The predicted molar refractivity (Wildman–Crippen MR) is 145 cm³/mol. The highest BCUT2D eigenvalue weighted by Crippen LogP contribution is 2.37. The van der Waals surface area contributed by atoms with Crippen molar-refractivity contribution in [3.8, 4) is 17.2 Å². The molecule has 6 atom stereocenters. The van der Waals surface area contributed by atoms with Gasteiger partial charge >= 0.3 is 0 Å². The van der Waals surface area contributed by atoms with Crippen LogP contribution in [0.15, 0.2) is 72.8 Å². The van der Waals surface area contributed by atoms with Crippen LogP contribution in [0, 0.1) is 0 Å². The summed E-state index contributed by atoms with van der Waals surface area (Å²) >= 11 is 0. The summed E-state index contributed by atoms with van der Waals surface area (Å²) in [5, 5.41) is 0. The van der Waals surface area contributed by atoms with Crippen molar-refractivity contribution in [1.29, 1.82) is 0 Å². The molecule has 3 aromatic rings. The van der Waals surface area contributed by atoms with Gasteiger partial charge in [0.2, 0.25) is 0 Å². The van der Waals surface area contributed by atoms with E-state index in [0.717, 1.165) is 33.9 Å². The summed E-state index contributed by atoms with van der Waals surface area (Å²) in [5.41, 5.74) is 2.85. The Labute approximate surface area is 234 Å². The molecule has 2 heterocycles. The number of methoxy groups -OCH3 is 4. The van der Waals surface area contributed by atoms with Gasteiger partial charge in [0.05, 0.1) is 41.2 Å². The van der Waals surface area contributed by atoms with E-state index in [2.05, 4.69) is 0 Å². The third-order valence-corrected chi connectivity index (χ3v) is 7.11. The lowest BCUT2D eigenvalue weighted by molar-refractivity contribution is -0.369. The molecule has 2 fully saturated rings. The lowest BCUT2D eigenvalue weighted by Gasteiger charge is -2.48. The Morgan fingerprint density at radius 1 is 0.625 bits per heavy atom. The molecule has 0 N–H and O–H groups in total. The Morgan fingerprint density at radius 3 is 1.62 bits per heavy atom. The van der Waals surface area contributed by atoms with Crippen LogP contribution in [0.1, 0.15) is 23.0 Å². The first-order chi connectivity index (χ1) is 19.6. The Hall–Kier alpha value is -3.18. The van der Waals surface area contributed by atoms with E-state index in [9.17, 15) is 0 Å². The zero-order chi connectivity index (χ0) is 27.9. The van der Waals surface area contributed by atoms with Crippen molar-refractivity contribution in [3.63, 3.8) is 0 Å². The minimum Gasteiger partial charge on any atom is -0.497 e. The lowest BCUT2D eigenvalue weighted by atomic mass is 9.97. The maximum absolute atomic E-state index is 6.56. The van der Waals surface area contributed by atoms with E-state index in [0.29, 0.717) is 19.8 Å². The van der Waals surface area contributed by atoms with Gasteiger partial charge in [-0.25, -0.2) is 0 Å². The molecule has 0 aliphatic carbocycles. The summed E-state index contributed by atoms with van der Waals surface area (Å²) in [7, 11) is 6.52. The van der Waals surface area contributed by atoms with Gasteiger partial charge in [0, 0.05) is 12.7 Å². The molecule has 0 amide bonds. The van der Waals surface area contributed by atoms with Gasteiger partial charge in [-0.1, -0.05) is 36.4 Å². The van der Waals surface area contributed by atoms with E-state index in [1.54, 1.807) is 28.4 Å². The molecule has 5 rings (SSSR count). The van der Waals surface area contributed by atoms with Gasteiger partial charge in [-0.2, -0.15) is 0 Å². The third-order valence-electron chi connectivity index (χ3n) is 7.11. The fourth-order valence-corrected chi connectivity index (χ4v) is 4.86. The van der Waals surface area contributed by atoms with Crippen LogP contribution < -0.4 is 14.2 Å². The average molecular weight is 553 g/mol. The quantitative estimate of drug-likeness (QED) is 0.337. The third kappa shape index (κ3) is 6.58. The molecule has 0 bridgehead atoms. The molecule has 214 valence electrons. The molecule has 0 aromatic heterocycles. The number of benzene rings is 3. The molecule has 2 saturated heterocycles. The molecule has 9 nitrogen and oxygen atoms in total. The minimum atomic E-state index is -0.676. The zero-order valence-electron chi connectivity index (χ0n) is 23.2. The van der Waals surface area contributed by atoms with E-state index in [4.69, 9.17) is 42.6 Å². The van der Waals surface area contributed by atoms with Crippen LogP contribution in [0.5, 0.6) is 17.2 Å². The van der Waals surface area contributed by atoms with Crippen molar-refractivity contribution >= 4 is 0 Å². The monoisotopic (exact) mass is 552 g/mol. The smallest absolute Gasteiger partial charge is 0.186 e. The maximum atomic E-state index is 6.56. The van der Waals surface area contributed by atoms with Crippen molar-refractivity contribution in [2.75, 3.05) is 35.0 Å². The van der Waals surface area contributed by atoms with Gasteiger partial charge in [-0.05, 0) is 47.5 Å². The van der Waals surface area contributed by atoms with Crippen molar-refractivity contribution in [2.45, 2.75) is 50.2 Å². The fraction of sp³-hybridized carbons (Fsp3) is 0.419. The van der Waals surface area contributed by atoms with E-state index in [-0.39, 0.29) is 0 Å². The van der Waals surface area contributed by atoms with Gasteiger partial charge in [0.25, 0.3) is 0 Å². The van der Waals surface area contributed by atoms with Gasteiger partial charge in [-0.3, -0.25) is 0 Å². The van der Waals surface area contributed by atoms with Crippen molar-refractivity contribution < 1.29 is 42.6 Å². The largest absolute Gasteiger partial charge is 0.497 e. The van der Waals surface area contributed by atoms with Crippen LogP contribution in [0.25, 0.3) is 0 Å².